The molecular weight excluding hydrogens is 178 g/mol. The summed E-state index contributed by atoms with van der Waals surface area (Å²) in [4.78, 5) is 21.4. The van der Waals surface area contributed by atoms with E-state index in [1.807, 2.05) is 0 Å². The fourth-order valence-electron chi connectivity index (χ4n) is 1.51. The van der Waals surface area contributed by atoms with Gasteiger partial charge < -0.3 is 0 Å². The zero-order valence-electron chi connectivity index (χ0n) is 8.18. The van der Waals surface area contributed by atoms with Crippen LogP contribution in [0, 0.1) is 5.92 Å². The van der Waals surface area contributed by atoms with Crippen LogP contribution in [-0.4, -0.2) is 22.9 Å². The molecule has 1 aromatic heterocycles. The maximum Gasteiger partial charge on any atom is 0.231 e. The molecule has 4 nitrogen and oxygen atoms in total. The molecule has 1 fully saturated rings. The van der Waals surface area contributed by atoms with E-state index in [4.69, 9.17) is 0 Å². The summed E-state index contributed by atoms with van der Waals surface area (Å²) in [7, 11) is 1.75. The molecule has 0 N–H and O–H groups in total. The molecule has 14 heavy (non-hydrogen) atoms. The van der Waals surface area contributed by atoms with Gasteiger partial charge in [-0.05, 0) is 12.8 Å². The van der Waals surface area contributed by atoms with Crippen LogP contribution in [0.3, 0.4) is 0 Å². The predicted octanol–water partition coefficient (Wildman–Crippen LogP) is 1.24. The van der Waals surface area contributed by atoms with Crippen molar-refractivity contribution in [2.45, 2.75) is 19.3 Å². The third kappa shape index (κ3) is 1.60. The van der Waals surface area contributed by atoms with E-state index in [2.05, 4.69) is 9.97 Å². The first-order chi connectivity index (χ1) is 6.79. The van der Waals surface area contributed by atoms with Gasteiger partial charge in [0.15, 0.2) is 5.82 Å². The summed E-state index contributed by atoms with van der Waals surface area (Å²) >= 11 is 0. The second-order valence-electron chi connectivity index (χ2n) is 3.59. The largest absolute Gasteiger partial charge is 0.298 e. The zero-order valence-corrected chi connectivity index (χ0v) is 8.18. The first-order valence-electron chi connectivity index (χ1n) is 4.82. The molecule has 4 heteroatoms. The van der Waals surface area contributed by atoms with Gasteiger partial charge in [-0.1, -0.05) is 6.42 Å². The Labute approximate surface area is 83.0 Å². The molecule has 1 aliphatic carbocycles. The monoisotopic (exact) mass is 191 g/mol. The van der Waals surface area contributed by atoms with Crippen molar-refractivity contribution < 1.29 is 4.79 Å². The summed E-state index contributed by atoms with van der Waals surface area (Å²) in [6.07, 6.45) is 8.01. The molecule has 0 unspecified atom stereocenters. The van der Waals surface area contributed by atoms with Crippen LogP contribution in [0.15, 0.2) is 18.6 Å². The fourth-order valence-corrected chi connectivity index (χ4v) is 1.51. The third-order valence-electron chi connectivity index (χ3n) is 2.68. The second kappa shape index (κ2) is 3.74. The van der Waals surface area contributed by atoms with Gasteiger partial charge in [-0.2, -0.15) is 0 Å². The Kier molecular flexibility index (Phi) is 2.43. The first kappa shape index (κ1) is 9.12. The molecule has 1 aromatic rings. The van der Waals surface area contributed by atoms with Gasteiger partial charge in [-0.25, -0.2) is 4.98 Å². The van der Waals surface area contributed by atoms with Crippen LogP contribution >= 0.6 is 0 Å². The smallest absolute Gasteiger partial charge is 0.231 e. The van der Waals surface area contributed by atoms with E-state index in [0.717, 1.165) is 12.8 Å². The molecule has 0 spiro atoms. The number of carbonyl (C=O) groups is 1. The lowest BCUT2D eigenvalue weighted by Crippen LogP contribution is -2.36. The molecule has 0 aliphatic heterocycles. The van der Waals surface area contributed by atoms with Gasteiger partial charge in [0.2, 0.25) is 5.91 Å². The maximum absolute atomic E-state index is 11.8. The second-order valence-corrected chi connectivity index (χ2v) is 3.59. The summed E-state index contributed by atoms with van der Waals surface area (Å²) in [6, 6.07) is 0. The molecule has 74 valence electrons. The number of nitrogens with zero attached hydrogens (tertiary/aromatic N) is 3. The fraction of sp³-hybridized carbons (Fsp3) is 0.500. The van der Waals surface area contributed by atoms with Crippen molar-refractivity contribution in [1.82, 2.24) is 9.97 Å². The number of aromatic nitrogens is 2. The molecule has 1 saturated carbocycles. The topological polar surface area (TPSA) is 46.1 Å². The van der Waals surface area contributed by atoms with Crippen molar-refractivity contribution in [3.63, 3.8) is 0 Å². The number of hydrogen-bond acceptors (Lipinski definition) is 3. The Hall–Kier alpha value is -1.45. The number of hydrogen-bond donors (Lipinski definition) is 0. The molecule has 0 radical (unpaired) electrons. The van der Waals surface area contributed by atoms with E-state index in [-0.39, 0.29) is 11.8 Å². The van der Waals surface area contributed by atoms with Gasteiger partial charge in [0.1, 0.15) is 0 Å². The molecule has 2 rings (SSSR count). The van der Waals surface area contributed by atoms with Gasteiger partial charge in [-0.15, -0.1) is 0 Å². The van der Waals surface area contributed by atoms with Crippen LogP contribution in [0.2, 0.25) is 0 Å². The van der Waals surface area contributed by atoms with Gasteiger partial charge in [0.25, 0.3) is 0 Å². The van der Waals surface area contributed by atoms with E-state index in [9.17, 15) is 4.79 Å². The van der Waals surface area contributed by atoms with Gasteiger partial charge in [0.05, 0.1) is 6.20 Å². The summed E-state index contributed by atoms with van der Waals surface area (Å²) < 4.78 is 0. The van der Waals surface area contributed by atoms with E-state index >= 15 is 0 Å². The SMILES string of the molecule is CN(C(=O)C1CCC1)c1cnccn1. The Morgan fingerprint density at radius 1 is 1.50 bits per heavy atom. The molecule has 0 atom stereocenters. The first-order valence-corrected chi connectivity index (χ1v) is 4.82. The van der Waals surface area contributed by atoms with Crippen LogP contribution < -0.4 is 4.90 Å². The highest BCUT2D eigenvalue weighted by Crippen LogP contribution is 2.28. The van der Waals surface area contributed by atoms with E-state index in [1.165, 1.54) is 6.42 Å². The summed E-state index contributed by atoms with van der Waals surface area (Å²) in [5.74, 6) is 1.00. The highest BCUT2D eigenvalue weighted by Gasteiger charge is 2.28. The van der Waals surface area contributed by atoms with Gasteiger partial charge in [-0.3, -0.25) is 14.7 Å². The Bertz CT molecular complexity index is 321. The van der Waals surface area contributed by atoms with Crippen molar-refractivity contribution in [1.29, 1.82) is 0 Å². The maximum atomic E-state index is 11.8. The average molecular weight is 191 g/mol. The number of carbonyl (C=O) groups excluding carboxylic acids is 1. The minimum Gasteiger partial charge on any atom is -0.298 e. The minimum absolute atomic E-state index is 0.164. The van der Waals surface area contributed by atoms with Crippen LogP contribution in [0.25, 0.3) is 0 Å². The molecule has 0 bridgehead atoms. The van der Waals surface area contributed by atoms with Crippen molar-refractivity contribution >= 4 is 11.7 Å². The van der Waals surface area contributed by atoms with Crippen LogP contribution in [-0.2, 0) is 4.79 Å². The average Bonchev–Trinajstić information content (AvgIpc) is 2.15. The lowest BCUT2D eigenvalue weighted by molar-refractivity contribution is -0.124. The van der Waals surface area contributed by atoms with Gasteiger partial charge in [0, 0.05) is 25.4 Å². The molecule has 0 aromatic carbocycles. The molecule has 1 heterocycles. The van der Waals surface area contributed by atoms with E-state index in [0.29, 0.717) is 5.82 Å². The molecule has 1 aliphatic rings. The minimum atomic E-state index is 0.164. The third-order valence-corrected chi connectivity index (χ3v) is 2.68. The number of anilines is 1. The summed E-state index contributed by atoms with van der Waals surface area (Å²) in [5, 5.41) is 0. The van der Waals surface area contributed by atoms with Crippen molar-refractivity contribution in [3.05, 3.63) is 18.6 Å². The normalized spacial score (nSPS) is 16.1. The Morgan fingerprint density at radius 3 is 2.79 bits per heavy atom. The standard InChI is InChI=1S/C10H13N3O/c1-13(9-7-11-5-6-12-9)10(14)8-3-2-4-8/h5-8H,2-4H2,1H3. The van der Waals surface area contributed by atoms with E-state index in [1.54, 1.807) is 30.5 Å². The molecular formula is C10H13N3O. The Morgan fingerprint density at radius 2 is 2.29 bits per heavy atom. The quantitative estimate of drug-likeness (QED) is 0.706. The lowest BCUT2D eigenvalue weighted by Gasteiger charge is -2.28. The predicted molar refractivity (Wildman–Crippen MR) is 52.8 cm³/mol. The number of rotatable bonds is 2. The van der Waals surface area contributed by atoms with Crippen LogP contribution in [0.1, 0.15) is 19.3 Å². The molecule has 0 saturated heterocycles. The summed E-state index contributed by atoms with van der Waals surface area (Å²) in [6.45, 7) is 0. The van der Waals surface area contributed by atoms with Crippen LogP contribution in [0.5, 0.6) is 0 Å². The van der Waals surface area contributed by atoms with Crippen molar-refractivity contribution in [2.75, 3.05) is 11.9 Å². The van der Waals surface area contributed by atoms with Crippen molar-refractivity contribution in [3.8, 4) is 0 Å². The molecule has 1 amide bonds. The lowest BCUT2D eigenvalue weighted by atomic mass is 9.84. The Balaban J connectivity index is 2.07. The number of amides is 1. The highest BCUT2D eigenvalue weighted by atomic mass is 16.2. The summed E-state index contributed by atoms with van der Waals surface area (Å²) in [5.41, 5.74) is 0. The van der Waals surface area contributed by atoms with Crippen molar-refractivity contribution in [2.24, 2.45) is 5.92 Å². The zero-order chi connectivity index (χ0) is 9.97. The van der Waals surface area contributed by atoms with Gasteiger partial charge >= 0.3 is 0 Å². The van der Waals surface area contributed by atoms with E-state index < -0.39 is 0 Å². The highest BCUT2D eigenvalue weighted by molar-refractivity contribution is 5.93. The van der Waals surface area contributed by atoms with Crippen LogP contribution in [0.4, 0.5) is 5.82 Å².